The van der Waals surface area contributed by atoms with Gasteiger partial charge in [0, 0.05) is 18.3 Å². The van der Waals surface area contributed by atoms with Crippen LogP contribution in [0.4, 0.5) is 5.69 Å². The Balaban J connectivity index is 2.22. The van der Waals surface area contributed by atoms with Gasteiger partial charge in [-0.25, -0.2) is 0 Å². The van der Waals surface area contributed by atoms with Crippen molar-refractivity contribution in [1.82, 2.24) is 4.90 Å². The molecule has 2 aromatic rings. The van der Waals surface area contributed by atoms with Crippen molar-refractivity contribution in [3.8, 4) is 5.75 Å². The topological polar surface area (TPSA) is 66.6 Å². The van der Waals surface area contributed by atoms with E-state index in [0.717, 1.165) is 5.56 Å². The number of anilines is 1. The number of phenols is 1. The van der Waals surface area contributed by atoms with Gasteiger partial charge in [0.25, 0.3) is 5.91 Å². The van der Waals surface area contributed by atoms with Crippen LogP contribution in [-0.4, -0.2) is 23.0 Å². The Bertz CT molecular complexity index is 625. The fourth-order valence-corrected chi connectivity index (χ4v) is 2.06. The first kappa shape index (κ1) is 13.9. The number of nitrogen functional groups attached to an aromatic ring is 1. The zero-order valence-electron chi connectivity index (χ0n) is 11.6. The van der Waals surface area contributed by atoms with Crippen LogP contribution in [-0.2, 0) is 0 Å². The Morgan fingerprint density at radius 1 is 1.20 bits per heavy atom. The molecule has 0 radical (unpaired) electrons. The van der Waals surface area contributed by atoms with Crippen molar-refractivity contribution in [3.05, 3.63) is 59.7 Å². The fourth-order valence-electron chi connectivity index (χ4n) is 2.06. The monoisotopic (exact) mass is 270 g/mol. The first-order chi connectivity index (χ1) is 9.49. The number of amides is 1. The number of nitrogens with zero attached hydrogens (tertiary/aromatic N) is 1. The molecule has 1 amide bonds. The van der Waals surface area contributed by atoms with Crippen molar-refractivity contribution in [3.63, 3.8) is 0 Å². The molecule has 20 heavy (non-hydrogen) atoms. The third-order valence-corrected chi connectivity index (χ3v) is 3.39. The number of hydrogen-bond acceptors (Lipinski definition) is 3. The van der Waals surface area contributed by atoms with E-state index in [9.17, 15) is 9.90 Å². The minimum atomic E-state index is -0.143. The van der Waals surface area contributed by atoms with E-state index < -0.39 is 0 Å². The maximum Gasteiger partial charge on any atom is 0.254 e. The van der Waals surface area contributed by atoms with Crippen LogP contribution < -0.4 is 5.73 Å². The number of benzene rings is 2. The van der Waals surface area contributed by atoms with Gasteiger partial charge in [-0.1, -0.05) is 18.2 Å². The quantitative estimate of drug-likeness (QED) is 0.843. The van der Waals surface area contributed by atoms with Crippen molar-refractivity contribution in [1.29, 1.82) is 0 Å². The smallest absolute Gasteiger partial charge is 0.254 e. The van der Waals surface area contributed by atoms with Gasteiger partial charge >= 0.3 is 0 Å². The van der Waals surface area contributed by atoms with Crippen LogP contribution >= 0.6 is 0 Å². The molecular formula is C16H18N2O2. The van der Waals surface area contributed by atoms with Crippen molar-refractivity contribution in [2.45, 2.75) is 13.0 Å². The van der Waals surface area contributed by atoms with Crippen LogP contribution in [0.25, 0.3) is 0 Å². The largest absolute Gasteiger partial charge is 0.508 e. The molecule has 0 saturated carbocycles. The summed E-state index contributed by atoms with van der Waals surface area (Å²) >= 11 is 0. The zero-order chi connectivity index (χ0) is 14.7. The summed E-state index contributed by atoms with van der Waals surface area (Å²) < 4.78 is 0. The SMILES string of the molecule is CC(c1cccc(N)c1)N(C)C(=O)c1cccc(O)c1. The van der Waals surface area contributed by atoms with Crippen LogP contribution in [0.2, 0.25) is 0 Å². The van der Waals surface area contributed by atoms with Crippen LogP contribution in [0, 0.1) is 0 Å². The highest BCUT2D eigenvalue weighted by atomic mass is 16.3. The second-order valence-corrected chi connectivity index (χ2v) is 4.81. The molecule has 1 atom stereocenters. The number of phenolic OH excluding ortho intramolecular Hbond substituents is 1. The molecule has 0 bridgehead atoms. The minimum absolute atomic E-state index is 0.0841. The molecule has 0 aliphatic rings. The molecule has 4 nitrogen and oxygen atoms in total. The van der Waals surface area contributed by atoms with Crippen molar-refractivity contribution < 1.29 is 9.90 Å². The maximum absolute atomic E-state index is 12.4. The van der Waals surface area contributed by atoms with Gasteiger partial charge in [0.15, 0.2) is 0 Å². The average Bonchev–Trinajstić information content (AvgIpc) is 2.45. The molecule has 1 unspecified atom stereocenters. The fraction of sp³-hybridized carbons (Fsp3) is 0.188. The van der Waals surface area contributed by atoms with Gasteiger partial charge in [0.1, 0.15) is 5.75 Å². The summed E-state index contributed by atoms with van der Waals surface area (Å²) in [6, 6.07) is 13.7. The Labute approximate surface area is 118 Å². The second-order valence-electron chi connectivity index (χ2n) is 4.81. The normalized spacial score (nSPS) is 11.9. The number of carbonyl (C=O) groups is 1. The molecule has 0 heterocycles. The molecule has 4 heteroatoms. The molecule has 0 aliphatic heterocycles. The lowest BCUT2D eigenvalue weighted by molar-refractivity contribution is 0.0742. The molecule has 2 rings (SSSR count). The summed E-state index contributed by atoms with van der Waals surface area (Å²) in [6.45, 7) is 1.94. The van der Waals surface area contributed by atoms with E-state index in [4.69, 9.17) is 5.73 Å². The first-order valence-corrected chi connectivity index (χ1v) is 6.40. The molecule has 0 spiro atoms. The molecule has 0 aromatic heterocycles. The van der Waals surface area contributed by atoms with Gasteiger partial charge in [-0.15, -0.1) is 0 Å². The van der Waals surface area contributed by atoms with Gasteiger partial charge in [0.05, 0.1) is 6.04 Å². The van der Waals surface area contributed by atoms with Crippen LogP contribution in [0.5, 0.6) is 5.75 Å². The van der Waals surface area contributed by atoms with E-state index >= 15 is 0 Å². The summed E-state index contributed by atoms with van der Waals surface area (Å²) in [4.78, 5) is 14.0. The Morgan fingerprint density at radius 2 is 1.90 bits per heavy atom. The summed E-state index contributed by atoms with van der Waals surface area (Å²) in [6.07, 6.45) is 0. The number of nitrogens with two attached hydrogens (primary N) is 1. The van der Waals surface area contributed by atoms with Gasteiger partial charge in [-0.05, 0) is 42.8 Å². The zero-order valence-corrected chi connectivity index (χ0v) is 11.6. The highest BCUT2D eigenvalue weighted by molar-refractivity contribution is 5.94. The number of hydrogen-bond donors (Lipinski definition) is 2. The van der Waals surface area contributed by atoms with Gasteiger partial charge in [0.2, 0.25) is 0 Å². The Hall–Kier alpha value is -2.49. The molecule has 2 aromatic carbocycles. The first-order valence-electron chi connectivity index (χ1n) is 6.40. The van der Waals surface area contributed by atoms with E-state index in [2.05, 4.69) is 0 Å². The summed E-state index contributed by atoms with van der Waals surface area (Å²) in [5.41, 5.74) is 7.88. The van der Waals surface area contributed by atoms with E-state index in [0.29, 0.717) is 11.3 Å². The van der Waals surface area contributed by atoms with E-state index in [-0.39, 0.29) is 17.7 Å². The van der Waals surface area contributed by atoms with Crippen molar-refractivity contribution in [2.24, 2.45) is 0 Å². The summed E-state index contributed by atoms with van der Waals surface area (Å²) in [5.74, 6) is -0.0586. The maximum atomic E-state index is 12.4. The van der Waals surface area contributed by atoms with Gasteiger partial charge in [-0.3, -0.25) is 4.79 Å². The molecule has 104 valence electrons. The third-order valence-electron chi connectivity index (χ3n) is 3.39. The third kappa shape index (κ3) is 2.91. The lowest BCUT2D eigenvalue weighted by Crippen LogP contribution is -2.29. The molecule has 3 N–H and O–H groups in total. The number of carbonyl (C=O) groups excluding carboxylic acids is 1. The molecule has 0 saturated heterocycles. The predicted molar refractivity (Wildman–Crippen MR) is 79.5 cm³/mol. The Kier molecular flexibility index (Phi) is 3.94. The van der Waals surface area contributed by atoms with E-state index in [1.807, 2.05) is 31.2 Å². The highest BCUT2D eigenvalue weighted by Crippen LogP contribution is 2.23. The second kappa shape index (κ2) is 5.65. The molecule has 0 fully saturated rings. The standard InChI is InChI=1S/C16H18N2O2/c1-11(12-5-3-7-14(17)9-12)18(2)16(20)13-6-4-8-15(19)10-13/h3-11,19H,17H2,1-2H3. The molecular weight excluding hydrogens is 252 g/mol. The van der Waals surface area contributed by atoms with Crippen molar-refractivity contribution >= 4 is 11.6 Å². The van der Waals surface area contributed by atoms with E-state index in [1.54, 1.807) is 24.1 Å². The molecule has 0 aliphatic carbocycles. The highest BCUT2D eigenvalue weighted by Gasteiger charge is 2.19. The van der Waals surface area contributed by atoms with Crippen LogP contribution in [0.15, 0.2) is 48.5 Å². The number of rotatable bonds is 3. The summed E-state index contributed by atoms with van der Waals surface area (Å²) in [7, 11) is 1.74. The van der Waals surface area contributed by atoms with Gasteiger partial charge in [-0.2, -0.15) is 0 Å². The van der Waals surface area contributed by atoms with Crippen molar-refractivity contribution in [2.75, 3.05) is 12.8 Å². The lowest BCUT2D eigenvalue weighted by Gasteiger charge is -2.25. The number of aromatic hydroxyl groups is 1. The summed E-state index contributed by atoms with van der Waals surface area (Å²) in [5, 5.41) is 9.45. The van der Waals surface area contributed by atoms with Crippen LogP contribution in [0.1, 0.15) is 28.9 Å². The predicted octanol–water partition coefficient (Wildman–Crippen LogP) is 2.81. The van der Waals surface area contributed by atoms with Crippen LogP contribution in [0.3, 0.4) is 0 Å². The minimum Gasteiger partial charge on any atom is -0.508 e. The van der Waals surface area contributed by atoms with E-state index in [1.165, 1.54) is 12.1 Å². The lowest BCUT2D eigenvalue weighted by atomic mass is 10.1. The van der Waals surface area contributed by atoms with Gasteiger partial charge < -0.3 is 15.7 Å². The Morgan fingerprint density at radius 3 is 2.55 bits per heavy atom. The average molecular weight is 270 g/mol.